The van der Waals surface area contributed by atoms with E-state index in [0.717, 1.165) is 12.1 Å². The molecule has 0 spiro atoms. The molecule has 0 aliphatic rings. The molecule has 0 fully saturated rings. The van der Waals surface area contributed by atoms with Gasteiger partial charge >= 0.3 is 6.18 Å². The zero-order valence-corrected chi connectivity index (χ0v) is 13.1. The Kier molecular flexibility index (Phi) is 5.60. The van der Waals surface area contributed by atoms with Gasteiger partial charge in [-0.3, -0.25) is 4.79 Å². The first-order valence-corrected chi connectivity index (χ1v) is 7.99. The normalized spacial score (nSPS) is 12.3. The Hall–Kier alpha value is -2.08. The Labute approximate surface area is 136 Å². The van der Waals surface area contributed by atoms with E-state index in [4.69, 9.17) is 0 Å². The standard InChI is InChI=1S/C17H14F3NOS/c1-23-16(11-15(22)12-6-3-2-4-7-12)21-14-9-5-8-13(10-14)17(18,19)20/h2-10H,11H2,1H3. The van der Waals surface area contributed by atoms with Crippen molar-refractivity contribution in [2.75, 3.05) is 6.26 Å². The third-order valence-electron chi connectivity index (χ3n) is 3.07. The van der Waals surface area contributed by atoms with E-state index in [1.165, 1.54) is 23.9 Å². The Morgan fingerprint density at radius 2 is 1.78 bits per heavy atom. The molecule has 2 aromatic carbocycles. The first-order valence-electron chi connectivity index (χ1n) is 6.77. The molecule has 2 aromatic rings. The first kappa shape index (κ1) is 17.3. The van der Waals surface area contributed by atoms with Crippen LogP contribution in [0.25, 0.3) is 0 Å². The number of rotatable bonds is 4. The van der Waals surface area contributed by atoms with Crippen LogP contribution in [0.3, 0.4) is 0 Å². The van der Waals surface area contributed by atoms with Crippen LogP contribution in [0, 0.1) is 0 Å². The fraction of sp³-hybridized carbons (Fsp3) is 0.176. The Morgan fingerprint density at radius 1 is 1.09 bits per heavy atom. The summed E-state index contributed by atoms with van der Waals surface area (Å²) < 4.78 is 38.1. The molecule has 23 heavy (non-hydrogen) atoms. The van der Waals surface area contributed by atoms with E-state index >= 15 is 0 Å². The van der Waals surface area contributed by atoms with Crippen LogP contribution in [0.5, 0.6) is 0 Å². The molecular weight excluding hydrogens is 323 g/mol. The number of Topliss-reactive ketones (excluding diaryl/α,β-unsaturated/α-hetero) is 1. The summed E-state index contributed by atoms with van der Waals surface area (Å²) in [6.07, 6.45) is -2.61. The molecule has 0 aliphatic carbocycles. The molecular formula is C17H14F3NOS. The van der Waals surface area contributed by atoms with Crippen LogP contribution in [0.2, 0.25) is 0 Å². The van der Waals surface area contributed by atoms with Gasteiger partial charge in [0.05, 0.1) is 22.7 Å². The molecule has 0 unspecified atom stereocenters. The molecule has 0 amide bonds. The van der Waals surface area contributed by atoms with E-state index in [1.807, 2.05) is 6.07 Å². The van der Waals surface area contributed by atoms with Crippen molar-refractivity contribution < 1.29 is 18.0 Å². The quantitative estimate of drug-likeness (QED) is 0.426. The number of ketones is 1. The summed E-state index contributed by atoms with van der Waals surface area (Å²) in [4.78, 5) is 16.3. The van der Waals surface area contributed by atoms with Crippen molar-refractivity contribution in [2.45, 2.75) is 12.6 Å². The molecule has 0 atom stereocenters. The molecule has 2 rings (SSSR count). The van der Waals surface area contributed by atoms with E-state index in [9.17, 15) is 18.0 Å². The van der Waals surface area contributed by atoms with Crippen molar-refractivity contribution in [3.63, 3.8) is 0 Å². The minimum Gasteiger partial charge on any atom is -0.294 e. The third kappa shape index (κ3) is 4.96. The highest BCUT2D eigenvalue weighted by Crippen LogP contribution is 2.31. The van der Waals surface area contributed by atoms with Crippen molar-refractivity contribution >= 4 is 28.3 Å². The van der Waals surface area contributed by atoms with Crippen LogP contribution in [0.1, 0.15) is 22.3 Å². The van der Waals surface area contributed by atoms with E-state index < -0.39 is 11.7 Å². The Balaban J connectivity index is 2.21. The van der Waals surface area contributed by atoms with Crippen LogP contribution in [0.15, 0.2) is 59.6 Å². The highest BCUT2D eigenvalue weighted by molar-refractivity contribution is 8.13. The smallest absolute Gasteiger partial charge is 0.294 e. The van der Waals surface area contributed by atoms with Crippen molar-refractivity contribution in [1.82, 2.24) is 0 Å². The topological polar surface area (TPSA) is 29.4 Å². The van der Waals surface area contributed by atoms with E-state index in [-0.39, 0.29) is 17.9 Å². The highest BCUT2D eigenvalue weighted by Gasteiger charge is 2.30. The molecule has 0 bridgehead atoms. The summed E-state index contributed by atoms with van der Waals surface area (Å²) in [5.74, 6) is -0.120. The number of thioether (sulfide) groups is 1. The van der Waals surface area contributed by atoms with Gasteiger partial charge in [-0.2, -0.15) is 13.2 Å². The second kappa shape index (κ2) is 7.46. The number of hydrogen-bond donors (Lipinski definition) is 0. The van der Waals surface area contributed by atoms with Crippen LogP contribution in [-0.4, -0.2) is 17.1 Å². The number of halogens is 3. The van der Waals surface area contributed by atoms with Crippen molar-refractivity contribution in [3.05, 3.63) is 65.7 Å². The van der Waals surface area contributed by atoms with E-state index in [2.05, 4.69) is 4.99 Å². The lowest BCUT2D eigenvalue weighted by atomic mass is 10.1. The van der Waals surface area contributed by atoms with E-state index in [1.54, 1.807) is 30.5 Å². The number of aliphatic imine (C=N–C) groups is 1. The Bertz CT molecular complexity index is 711. The number of carbonyl (C=O) groups excluding carboxylic acids is 1. The molecule has 0 aromatic heterocycles. The Morgan fingerprint density at radius 3 is 2.39 bits per heavy atom. The van der Waals surface area contributed by atoms with Crippen molar-refractivity contribution in [1.29, 1.82) is 0 Å². The number of carbonyl (C=O) groups is 1. The molecule has 0 N–H and O–H groups in total. The van der Waals surface area contributed by atoms with Crippen molar-refractivity contribution in [2.24, 2.45) is 4.99 Å². The van der Waals surface area contributed by atoms with Crippen LogP contribution >= 0.6 is 11.8 Å². The second-order valence-corrected chi connectivity index (χ2v) is 5.60. The molecule has 6 heteroatoms. The van der Waals surface area contributed by atoms with Crippen molar-refractivity contribution in [3.8, 4) is 0 Å². The SMILES string of the molecule is CSC(CC(=O)c1ccccc1)=Nc1cccc(C(F)(F)F)c1. The lowest BCUT2D eigenvalue weighted by molar-refractivity contribution is -0.137. The zero-order chi connectivity index (χ0) is 16.9. The summed E-state index contributed by atoms with van der Waals surface area (Å²) in [6.45, 7) is 0. The van der Waals surface area contributed by atoms with Gasteiger partial charge in [0.25, 0.3) is 0 Å². The summed E-state index contributed by atoms with van der Waals surface area (Å²) in [5, 5.41) is 0.471. The maximum Gasteiger partial charge on any atom is 0.416 e. The van der Waals surface area contributed by atoms with Crippen LogP contribution in [-0.2, 0) is 6.18 Å². The summed E-state index contributed by atoms with van der Waals surface area (Å²) >= 11 is 1.25. The summed E-state index contributed by atoms with van der Waals surface area (Å²) in [5.41, 5.74) is -0.0167. The van der Waals surface area contributed by atoms with E-state index in [0.29, 0.717) is 10.6 Å². The van der Waals surface area contributed by atoms with Gasteiger partial charge in [0.1, 0.15) is 0 Å². The minimum atomic E-state index is -4.41. The number of hydrogen-bond acceptors (Lipinski definition) is 3. The average Bonchev–Trinajstić information content (AvgIpc) is 2.54. The van der Waals surface area contributed by atoms with Gasteiger partial charge in [0.2, 0.25) is 0 Å². The van der Waals surface area contributed by atoms with Gasteiger partial charge in [-0.15, -0.1) is 11.8 Å². The fourth-order valence-electron chi connectivity index (χ4n) is 1.92. The minimum absolute atomic E-state index is 0.0570. The first-order chi connectivity index (χ1) is 10.9. The van der Waals surface area contributed by atoms with Gasteiger partial charge < -0.3 is 0 Å². The number of benzene rings is 2. The molecule has 0 saturated carbocycles. The lowest BCUT2D eigenvalue weighted by Gasteiger charge is -2.08. The lowest BCUT2D eigenvalue weighted by Crippen LogP contribution is -2.06. The van der Waals surface area contributed by atoms with Gasteiger partial charge in [0.15, 0.2) is 5.78 Å². The fourth-order valence-corrected chi connectivity index (χ4v) is 2.39. The molecule has 2 nitrogen and oxygen atoms in total. The highest BCUT2D eigenvalue weighted by atomic mass is 32.2. The monoisotopic (exact) mass is 337 g/mol. The predicted molar refractivity (Wildman–Crippen MR) is 87.4 cm³/mol. The largest absolute Gasteiger partial charge is 0.416 e. The molecule has 0 saturated heterocycles. The maximum absolute atomic E-state index is 12.7. The number of alkyl halides is 3. The van der Waals surface area contributed by atoms with Gasteiger partial charge in [0, 0.05) is 5.56 Å². The molecule has 120 valence electrons. The second-order valence-electron chi connectivity index (χ2n) is 4.72. The predicted octanol–water partition coefficient (Wildman–Crippen LogP) is 5.37. The maximum atomic E-state index is 12.7. The molecule has 0 radical (unpaired) electrons. The number of nitrogens with zero attached hydrogens (tertiary/aromatic N) is 1. The van der Waals surface area contributed by atoms with Gasteiger partial charge in [-0.25, -0.2) is 4.99 Å². The third-order valence-corrected chi connectivity index (χ3v) is 3.78. The van der Waals surface area contributed by atoms with Gasteiger partial charge in [-0.05, 0) is 24.5 Å². The summed E-state index contributed by atoms with van der Waals surface area (Å²) in [7, 11) is 0. The molecule has 0 heterocycles. The van der Waals surface area contributed by atoms with Crippen LogP contribution in [0.4, 0.5) is 18.9 Å². The molecule has 0 aliphatic heterocycles. The zero-order valence-electron chi connectivity index (χ0n) is 12.3. The van der Waals surface area contributed by atoms with Crippen LogP contribution < -0.4 is 0 Å². The summed E-state index contributed by atoms with van der Waals surface area (Å²) in [6, 6.07) is 13.5. The van der Waals surface area contributed by atoms with Gasteiger partial charge in [-0.1, -0.05) is 36.4 Å². The average molecular weight is 337 g/mol.